The maximum Gasteiger partial charge on any atom is 0.320 e. The number of anilines is 1. The van der Waals surface area contributed by atoms with E-state index in [4.69, 9.17) is 31.4 Å². The highest BCUT2D eigenvalue weighted by Gasteiger charge is 2.46. The number of rotatable bonds is 5. The lowest BCUT2D eigenvalue weighted by Gasteiger charge is -2.17. The molecule has 4 rings (SSSR count). The molecule has 1 saturated carbocycles. The number of halogens is 1. The number of imidazole rings is 1. The Balaban J connectivity index is 1.68. The second-order valence-electron chi connectivity index (χ2n) is 6.53. The van der Waals surface area contributed by atoms with Crippen LogP contribution in [0.2, 0.25) is 0 Å². The number of nitrogens with two attached hydrogens (primary N) is 1. The highest BCUT2D eigenvalue weighted by atomic mass is 35.5. The van der Waals surface area contributed by atoms with Crippen molar-refractivity contribution in [2.75, 3.05) is 12.3 Å². The van der Waals surface area contributed by atoms with E-state index in [1.807, 2.05) is 0 Å². The van der Waals surface area contributed by atoms with Crippen LogP contribution in [0, 0.1) is 0 Å². The van der Waals surface area contributed by atoms with E-state index < -0.39 is 24.5 Å². The first-order chi connectivity index (χ1) is 12.6. The van der Waals surface area contributed by atoms with Gasteiger partial charge in [-0.3, -0.25) is 8.86 Å². The Kier molecular flexibility index (Phi) is 4.84. The Hall–Kier alpha value is -1.72. The third-order valence-electron chi connectivity index (χ3n) is 4.87. The van der Waals surface area contributed by atoms with Gasteiger partial charge >= 0.3 is 6.01 Å². The van der Waals surface area contributed by atoms with Crippen LogP contribution in [0.15, 0.2) is 6.33 Å². The van der Waals surface area contributed by atoms with Crippen molar-refractivity contribution in [3.05, 3.63) is 6.33 Å². The molecular formula is C15H20ClN5O5. The van der Waals surface area contributed by atoms with Gasteiger partial charge in [-0.1, -0.05) is 0 Å². The van der Waals surface area contributed by atoms with Crippen LogP contribution in [0.4, 0.5) is 5.82 Å². The Morgan fingerprint density at radius 3 is 2.77 bits per heavy atom. The largest absolute Gasteiger partial charge is 0.460 e. The summed E-state index contributed by atoms with van der Waals surface area (Å²) in [6.45, 7) is -0.356. The number of aliphatic hydroxyl groups excluding tert-OH is 2. The lowest BCUT2D eigenvalue weighted by Crippen LogP contribution is -2.33. The first-order valence-electron chi connectivity index (χ1n) is 8.51. The van der Waals surface area contributed by atoms with Crippen LogP contribution in [0.3, 0.4) is 0 Å². The monoisotopic (exact) mass is 385 g/mol. The van der Waals surface area contributed by atoms with Gasteiger partial charge < -0.3 is 25.4 Å². The zero-order chi connectivity index (χ0) is 18.3. The topological polar surface area (TPSA) is 138 Å². The molecule has 2 aromatic heterocycles. The van der Waals surface area contributed by atoms with Gasteiger partial charge in [-0.25, -0.2) is 4.98 Å². The molecule has 4 N–H and O–H groups in total. The minimum Gasteiger partial charge on any atom is -0.460 e. The van der Waals surface area contributed by atoms with E-state index in [1.165, 1.54) is 10.9 Å². The van der Waals surface area contributed by atoms with Gasteiger partial charge in [0.1, 0.15) is 24.4 Å². The van der Waals surface area contributed by atoms with Crippen molar-refractivity contribution < 1.29 is 24.0 Å². The summed E-state index contributed by atoms with van der Waals surface area (Å²) in [5.41, 5.74) is 6.72. The molecule has 2 aromatic rings. The summed E-state index contributed by atoms with van der Waals surface area (Å²) in [6.07, 6.45) is 1.96. The van der Waals surface area contributed by atoms with E-state index in [0.717, 1.165) is 25.7 Å². The van der Waals surface area contributed by atoms with Crippen molar-refractivity contribution in [3.8, 4) is 6.01 Å². The maximum atomic E-state index is 10.4. The Morgan fingerprint density at radius 1 is 1.35 bits per heavy atom. The van der Waals surface area contributed by atoms with Gasteiger partial charge in [0.15, 0.2) is 23.2 Å². The molecule has 0 radical (unpaired) electrons. The molecule has 1 aliphatic carbocycles. The number of ether oxygens (including phenoxy) is 2. The minimum atomic E-state index is -1.13. The van der Waals surface area contributed by atoms with Crippen molar-refractivity contribution in [2.45, 2.75) is 56.3 Å². The molecule has 1 aliphatic heterocycles. The summed E-state index contributed by atoms with van der Waals surface area (Å²) >= 11 is 5.43. The Morgan fingerprint density at radius 2 is 2.12 bits per heavy atom. The molecule has 3 heterocycles. The molecule has 2 fully saturated rings. The van der Waals surface area contributed by atoms with E-state index in [1.54, 1.807) is 0 Å². The Labute approximate surface area is 154 Å². The third kappa shape index (κ3) is 2.97. The molecule has 1 unspecified atom stereocenters. The molecule has 0 spiro atoms. The van der Waals surface area contributed by atoms with E-state index >= 15 is 0 Å². The SMILES string of the molecule is Nc1nc(OC2CCCC2)nc2c1ncn2C1O[C@H](CO)[C@H](OCl)[C@H]1O. The van der Waals surface area contributed by atoms with E-state index in [0.29, 0.717) is 11.2 Å². The van der Waals surface area contributed by atoms with Gasteiger partial charge in [0.2, 0.25) is 0 Å². The number of hydrogen-bond donors (Lipinski definition) is 3. The molecule has 10 nitrogen and oxygen atoms in total. The molecular weight excluding hydrogens is 366 g/mol. The number of nitrogen functional groups attached to an aromatic ring is 1. The van der Waals surface area contributed by atoms with Crippen LogP contribution >= 0.6 is 11.9 Å². The van der Waals surface area contributed by atoms with Gasteiger partial charge in [-0.2, -0.15) is 9.97 Å². The van der Waals surface area contributed by atoms with Crippen LogP contribution in [-0.2, 0) is 9.03 Å². The zero-order valence-corrected chi connectivity index (χ0v) is 14.6. The number of hydrogen-bond acceptors (Lipinski definition) is 9. The average Bonchev–Trinajstić information content (AvgIpc) is 3.34. The zero-order valence-electron chi connectivity index (χ0n) is 13.9. The summed E-state index contributed by atoms with van der Waals surface area (Å²) < 4.78 is 17.7. The van der Waals surface area contributed by atoms with Crippen LogP contribution in [0.5, 0.6) is 6.01 Å². The highest BCUT2D eigenvalue weighted by Crippen LogP contribution is 2.34. The molecule has 142 valence electrons. The van der Waals surface area contributed by atoms with Gasteiger partial charge in [-0.05, 0) is 25.7 Å². The maximum absolute atomic E-state index is 10.4. The summed E-state index contributed by atoms with van der Waals surface area (Å²) in [5, 5.41) is 19.8. The first kappa shape index (κ1) is 17.7. The molecule has 26 heavy (non-hydrogen) atoms. The average molecular weight is 386 g/mol. The van der Waals surface area contributed by atoms with Crippen LogP contribution in [0.25, 0.3) is 11.2 Å². The Bertz CT molecular complexity index is 783. The van der Waals surface area contributed by atoms with E-state index in [2.05, 4.69) is 15.0 Å². The molecule has 1 saturated heterocycles. The molecule has 0 amide bonds. The lowest BCUT2D eigenvalue weighted by molar-refractivity contribution is -0.0502. The minimum absolute atomic E-state index is 0.0735. The highest BCUT2D eigenvalue weighted by molar-refractivity contribution is 6.07. The number of nitrogens with zero attached hydrogens (tertiary/aromatic N) is 4. The standard InChI is InChI=1S/C15H20ClN5O5/c16-26-11-8(5-22)25-14(10(11)23)21-6-18-9-12(17)19-15(20-13(9)21)24-7-3-1-2-4-7/h6-8,10-11,14,22-23H,1-5H2,(H2,17,19,20)/t8-,10-,11+,14?/m1/s1. The summed E-state index contributed by atoms with van der Waals surface area (Å²) in [7, 11) is 0. The fourth-order valence-corrected chi connectivity index (χ4v) is 3.74. The first-order valence-corrected chi connectivity index (χ1v) is 8.81. The lowest BCUT2D eigenvalue weighted by atomic mass is 10.1. The van der Waals surface area contributed by atoms with Crippen LogP contribution in [0.1, 0.15) is 31.9 Å². The van der Waals surface area contributed by atoms with E-state index in [-0.39, 0.29) is 24.5 Å². The van der Waals surface area contributed by atoms with Crippen molar-refractivity contribution >= 4 is 28.8 Å². The predicted octanol–water partition coefficient (Wildman–Crippen LogP) is 0.519. The van der Waals surface area contributed by atoms with Crippen molar-refractivity contribution in [1.82, 2.24) is 19.5 Å². The second-order valence-corrected chi connectivity index (χ2v) is 6.71. The van der Waals surface area contributed by atoms with E-state index in [9.17, 15) is 10.2 Å². The second kappa shape index (κ2) is 7.12. The van der Waals surface area contributed by atoms with Gasteiger partial charge in [-0.15, -0.1) is 0 Å². The molecule has 0 aromatic carbocycles. The van der Waals surface area contributed by atoms with Gasteiger partial charge in [0, 0.05) is 0 Å². The molecule has 11 heteroatoms. The van der Waals surface area contributed by atoms with Crippen LogP contribution in [-0.4, -0.2) is 60.8 Å². The number of aromatic nitrogens is 4. The fourth-order valence-electron chi connectivity index (χ4n) is 3.52. The molecule has 0 bridgehead atoms. The summed E-state index contributed by atoms with van der Waals surface area (Å²) in [5.74, 6) is 0.179. The quantitative estimate of drug-likeness (QED) is 0.672. The normalized spacial score (nSPS) is 29.7. The third-order valence-corrected chi connectivity index (χ3v) is 5.07. The van der Waals surface area contributed by atoms with Crippen molar-refractivity contribution in [3.63, 3.8) is 0 Å². The molecule has 2 aliphatic rings. The molecule has 4 atom stereocenters. The number of fused-ring (bicyclic) bond motifs is 1. The number of aliphatic hydroxyl groups is 2. The van der Waals surface area contributed by atoms with Crippen molar-refractivity contribution in [2.24, 2.45) is 0 Å². The smallest absolute Gasteiger partial charge is 0.320 e. The van der Waals surface area contributed by atoms with Crippen LogP contribution < -0.4 is 10.5 Å². The van der Waals surface area contributed by atoms with Gasteiger partial charge in [0.25, 0.3) is 0 Å². The van der Waals surface area contributed by atoms with Crippen molar-refractivity contribution in [1.29, 1.82) is 0 Å². The predicted molar refractivity (Wildman–Crippen MR) is 90.3 cm³/mol. The fraction of sp³-hybridized carbons (Fsp3) is 0.667. The summed E-state index contributed by atoms with van der Waals surface area (Å²) in [6, 6.07) is 0.167. The summed E-state index contributed by atoms with van der Waals surface area (Å²) in [4.78, 5) is 12.8. The van der Waals surface area contributed by atoms with Gasteiger partial charge in [0.05, 0.1) is 24.8 Å².